The van der Waals surface area contributed by atoms with Gasteiger partial charge in [-0.3, -0.25) is 14.6 Å². The van der Waals surface area contributed by atoms with Crippen LogP contribution in [0.1, 0.15) is 5.56 Å². The van der Waals surface area contributed by atoms with E-state index in [0.717, 1.165) is 37.3 Å². The number of nitrogens with one attached hydrogen (secondary N) is 1. The Balaban J connectivity index is 1.49. The Labute approximate surface area is 173 Å². The first-order valence-electron chi connectivity index (χ1n) is 9.50. The van der Waals surface area contributed by atoms with Crippen LogP contribution in [0.15, 0.2) is 30.3 Å². The molecule has 0 atom stereocenters. The quantitative estimate of drug-likeness (QED) is 0.695. The van der Waals surface area contributed by atoms with Crippen molar-refractivity contribution in [1.29, 1.82) is 0 Å². The highest BCUT2D eigenvalue weighted by molar-refractivity contribution is 5.92. The van der Waals surface area contributed by atoms with Crippen molar-refractivity contribution in [1.82, 2.24) is 9.80 Å². The van der Waals surface area contributed by atoms with Gasteiger partial charge in [0.25, 0.3) is 0 Å². The second kappa shape index (κ2) is 9.82. The highest BCUT2D eigenvalue weighted by Gasteiger charge is 2.21. The summed E-state index contributed by atoms with van der Waals surface area (Å²) in [5.41, 5.74) is 0.721. The maximum absolute atomic E-state index is 13.7. The van der Waals surface area contributed by atoms with Crippen molar-refractivity contribution < 1.29 is 27.4 Å². The summed E-state index contributed by atoms with van der Waals surface area (Å²) < 4.78 is 50.5. The van der Waals surface area contributed by atoms with E-state index in [2.05, 4.69) is 10.2 Å². The largest absolute Gasteiger partial charge is 0.493 e. The van der Waals surface area contributed by atoms with Gasteiger partial charge in [0.2, 0.25) is 5.91 Å². The smallest absolute Gasteiger partial charge is 0.238 e. The molecular weight excluding hydrogens is 399 g/mol. The first-order chi connectivity index (χ1) is 14.4. The molecule has 6 nitrogen and oxygen atoms in total. The first kappa shape index (κ1) is 21.9. The molecule has 0 radical (unpaired) electrons. The zero-order chi connectivity index (χ0) is 21.7. The molecule has 9 heteroatoms. The minimum atomic E-state index is -1.60. The number of piperazine rings is 1. The van der Waals surface area contributed by atoms with E-state index in [1.165, 1.54) is 0 Å². The highest BCUT2D eigenvalue weighted by Crippen LogP contribution is 2.28. The minimum absolute atomic E-state index is 0.0443. The maximum atomic E-state index is 13.7. The van der Waals surface area contributed by atoms with Crippen LogP contribution in [0, 0.1) is 17.5 Å². The number of carbonyl (C=O) groups is 1. The van der Waals surface area contributed by atoms with Gasteiger partial charge in [-0.25, -0.2) is 13.2 Å². The fraction of sp³-hybridized carbons (Fsp3) is 0.381. The summed E-state index contributed by atoms with van der Waals surface area (Å²) in [7, 11) is 3.19. The molecule has 2 aromatic rings. The Bertz CT molecular complexity index is 903. The summed E-state index contributed by atoms with van der Waals surface area (Å²) >= 11 is 0. The lowest BCUT2D eigenvalue weighted by atomic mass is 10.1. The number of benzene rings is 2. The molecule has 1 N–H and O–H groups in total. The van der Waals surface area contributed by atoms with Crippen LogP contribution in [0.4, 0.5) is 18.9 Å². The number of amides is 1. The minimum Gasteiger partial charge on any atom is -0.493 e. The van der Waals surface area contributed by atoms with Gasteiger partial charge in [-0.05, 0) is 29.8 Å². The Morgan fingerprint density at radius 3 is 2.27 bits per heavy atom. The standard InChI is InChI=1S/C21H24F3N3O3/c1-29-17-6-3-14(11-18(17)30-2)12-26-7-9-27(10-8-26)13-19(28)25-16-5-4-15(22)20(23)21(16)24/h3-6,11H,7-10,12-13H2,1-2H3,(H,25,28). The van der Waals surface area contributed by atoms with Crippen molar-refractivity contribution in [3.63, 3.8) is 0 Å². The van der Waals surface area contributed by atoms with Gasteiger partial charge >= 0.3 is 0 Å². The average Bonchev–Trinajstić information content (AvgIpc) is 2.75. The molecule has 1 amide bonds. The summed E-state index contributed by atoms with van der Waals surface area (Å²) in [5, 5.41) is 2.30. The normalized spacial score (nSPS) is 15.1. The summed E-state index contributed by atoms with van der Waals surface area (Å²) in [5.74, 6) is -3.42. The fourth-order valence-corrected chi connectivity index (χ4v) is 3.36. The molecule has 1 aliphatic rings. The predicted molar refractivity (Wildman–Crippen MR) is 106 cm³/mol. The van der Waals surface area contributed by atoms with Crippen molar-refractivity contribution in [2.45, 2.75) is 6.54 Å². The molecule has 0 aromatic heterocycles. The van der Waals surface area contributed by atoms with E-state index >= 15 is 0 Å². The summed E-state index contributed by atoms with van der Waals surface area (Å²) in [6.07, 6.45) is 0. The highest BCUT2D eigenvalue weighted by atomic mass is 19.2. The van der Waals surface area contributed by atoms with Crippen molar-refractivity contribution >= 4 is 11.6 Å². The van der Waals surface area contributed by atoms with Crippen molar-refractivity contribution in [3.05, 3.63) is 53.3 Å². The van der Waals surface area contributed by atoms with E-state index in [9.17, 15) is 18.0 Å². The number of methoxy groups -OCH3 is 2. The molecule has 1 heterocycles. The van der Waals surface area contributed by atoms with Crippen LogP contribution in [-0.4, -0.2) is 62.7 Å². The molecule has 0 aliphatic carbocycles. The van der Waals surface area contributed by atoms with Crippen molar-refractivity contribution in [2.75, 3.05) is 52.3 Å². The molecule has 0 saturated carbocycles. The van der Waals surface area contributed by atoms with Gasteiger partial charge in [-0.1, -0.05) is 6.07 Å². The molecule has 2 aromatic carbocycles. The van der Waals surface area contributed by atoms with E-state index in [1.807, 2.05) is 23.1 Å². The van der Waals surface area contributed by atoms with Gasteiger partial charge in [0.05, 0.1) is 26.5 Å². The SMILES string of the molecule is COc1ccc(CN2CCN(CC(=O)Nc3ccc(F)c(F)c3F)CC2)cc1OC. The van der Waals surface area contributed by atoms with E-state index in [4.69, 9.17) is 9.47 Å². The van der Waals surface area contributed by atoms with Crippen LogP contribution in [0.2, 0.25) is 0 Å². The number of halogens is 3. The Morgan fingerprint density at radius 1 is 0.933 bits per heavy atom. The number of nitrogens with zero attached hydrogens (tertiary/aromatic N) is 2. The maximum Gasteiger partial charge on any atom is 0.238 e. The summed E-state index contributed by atoms with van der Waals surface area (Å²) in [6.45, 7) is 3.59. The second-order valence-electron chi connectivity index (χ2n) is 7.01. The van der Waals surface area contributed by atoms with E-state index in [0.29, 0.717) is 24.6 Å². The Kier molecular flexibility index (Phi) is 7.17. The molecule has 1 aliphatic heterocycles. The lowest BCUT2D eigenvalue weighted by Gasteiger charge is -2.34. The summed E-state index contributed by atoms with van der Waals surface area (Å²) in [4.78, 5) is 16.3. The Hall–Kier alpha value is -2.78. The van der Waals surface area contributed by atoms with Gasteiger partial charge in [-0.15, -0.1) is 0 Å². The third-order valence-corrected chi connectivity index (χ3v) is 5.00. The number of rotatable bonds is 7. The molecule has 30 heavy (non-hydrogen) atoms. The van der Waals surface area contributed by atoms with E-state index < -0.39 is 23.4 Å². The molecule has 0 unspecified atom stereocenters. The van der Waals surface area contributed by atoms with Gasteiger partial charge in [0.1, 0.15) is 0 Å². The Morgan fingerprint density at radius 2 is 1.60 bits per heavy atom. The summed E-state index contributed by atoms with van der Waals surface area (Å²) in [6, 6.07) is 7.58. The molecule has 1 fully saturated rings. The first-order valence-corrected chi connectivity index (χ1v) is 9.50. The number of hydrogen-bond acceptors (Lipinski definition) is 5. The van der Waals surface area contributed by atoms with E-state index in [-0.39, 0.29) is 12.2 Å². The second-order valence-corrected chi connectivity index (χ2v) is 7.01. The van der Waals surface area contributed by atoms with Crippen molar-refractivity contribution in [3.8, 4) is 11.5 Å². The number of carbonyl (C=O) groups excluding carboxylic acids is 1. The average molecular weight is 423 g/mol. The number of anilines is 1. The zero-order valence-corrected chi connectivity index (χ0v) is 16.9. The van der Waals surface area contributed by atoms with Gasteiger partial charge in [-0.2, -0.15) is 0 Å². The third-order valence-electron chi connectivity index (χ3n) is 5.00. The fourth-order valence-electron chi connectivity index (χ4n) is 3.36. The van der Waals surface area contributed by atoms with Gasteiger partial charge in [0, 0.05) is 32.7 Å². The molecule has 0 spiro atoms. The van der Waals surface area contributed by atoms with Crippen LogP contribution in [0.5, 0.6) is 11.5 Å². The third kappa shape index (κ3) is 5.22. The van der Waals surface area contributed by atoms with E-state index in [1.54, 1.807) is 14.2 Å². The molecule has 3 rings (SSSR count). The van der Waals surface area contributed by atoms with Crippen molar-refractivity contribution in [2.24, 2.45) is 0 Å². The van der Waals surface area contributed by atoms with Crippen LogP contribution >= 0.6 is 0 Å². The number of hydrogen-bond donors (Lipinski definition) is 1. The molecule has 0 bridgehead atoms. The van der Waals surface area contributed by atoms with Crippen LogP contribution in [0.25, 0.3) is 0 Å². The molecular formula is C21H24F3N3O3. The predicted octanol–water partition coefficient (Wildman–Crippen LogP) is 2.88. The van der Waals surface area contributed by atoms with Crippen LogP contribution in [0.3, 0.4) is 0 Å². The van der Waals surface area contributed by atoms with Gasteiger partial charge < -0.3 is 14.8 Å². The van der Waals surface area contributed by atoms with Gasteiger partial charge in [0.15, 0.2) is 29.0 Å². The zero-order valence-electron chi connectivity index (χ0n) is 16.9. The lowest BCUT2D eigenvalue weighted by Crippen LogP contribution is -2.48. The lowest BCUT2D eigenvalue weighted by molar-refractivity contribution is -0.117. The van der Waals surface area contributed by atoms with Crippen LogP contribution in [-0.2, 0) is 11.3 Å². The number of ether oxygens (including phenoxy) is 2. The monoisotopic (exact) mass is 423 g/mol. The topological polar surface area (TPSA) is 54.0 Å². The van der Waals surface area contributed by atoms with Crippen LogP contribution < -0.4 is 14.8 Å². The molecule has 1 saturated heterocycles. The molecule has 162 valence electrons.